The molecule has 8 nitrogen and oxygen atoms in total. The van der Waals surface area contributed by atoms with Crippen molar-refractivity contribution in [2.45, 2.75) is 100 Å². The predicted octanol–water partition coefficient (Wildman–Crippen LogP) is 9.93. The highest BCUT2D eigenvalue weighted by Gasteiger charge is 2.42. The Morgan fingerprint density at radius 1 is 0.980 bits per heavy atom. The van der Waals surface area contributed by atoms with Crippen LogP contribution in [0.2, 0.25) is 10.0 Å². The zero-order valence-corrected chi connectivity index (χ0v) is 31.9. The van der Waals surface area contributed by atoms with Crippen LogP contribution in [0.15, 0.2) is 70.1 Å². The Morgan fingerprint density at radius 2 is 1.67 bits per heavy atom. The smallest absolute Gasteiger partial charge is 0.265 e. The van der Waals surface area contributed by atoms with E-state index >= 15 is 0 Å². The minimum Gasteiger partial charge on any atom is -0.360 e. The first-order chi connectivity index (χ1) is 24.4. The van der Waals surface area contributed by atoms with Gasteiger partial charge in [0.25, 0.3) is 15.9 Å². The van der Waals surface area contributed by atoms with Gasteiger partial charge in [0.05, 0.1) is 25.2 Å². The SMILES string of the molecule is CC(C)(C)c1ccc(S(=O)(=O)NC(=O)c2ccc3nc(N4C5CCC4CC(CCc4c(-c6c(Cl)cccc6Cl)noc4C4CC4)C5)sc3c2)cc1. The topological polar surface area (TPSA) is 105 Å². The minimum atomic E-state index is -4.03. The molecule has 266 valence electrons. The van der Waals surface area contributed by atoms with Crippen LogP contribution in [0.4, 0.5) is 5.13 Å². The number of piperidine rings is 1. The van der Waals surface area contributed by atoms with Gasteiger partial charge in [-0.2, -0.15) is 0 Å². The van der Waals surface area contributed by atoms with Gasteiger partial charge in [-0.05, 0) is 111 Å². The summed E-state index contributed by atoms with van der Waals surface area (Å²) in [6.07, 6.45) is 8.59. The Balaban J connectivity index is 0.951. The molecule has 3 aromatic carbocycles. The summed E-state index contributed by atoms with van der Waals surface area (Å²) in [7, 11) is -4.03. The Morgan fingerprint density at radius 3 is 2.31 bits per heavy atom. The summed E-state index contributed by atoms with van der Waals surface area (Å²) in [5.74, 6) is 1.33. The number of halogens is 2. The molecule has 2 aromatic heterocycles. The first-order valence-electron chi connectivity index (χ1n) is 17.6. The van der Waals surface area contributed by atoms with Gasteiger partial charge in [-0.1, -0.05) is 78.7 Å². The standard InChI is InChI=1S/C39H40Cl2N4O4S2/c1-39(2,3)25-11-15-28(16-12-25)51(47,48)44-37(46)24-10-18-32-33(21-24)50-38(42-32)45-26-13-14-27(45)20-22(19-26)7-17-29-35(43-49-36(29)23-8-9-23)34-30(40)5-4-6-31(34)41/h4-6,10-12,15-16,18,21-23,26-27H,7-9,13-14,17,19-20H2,1-3H3,(H,44,46). The maximum absolute atomic E-state index is 13.2. The van der Waals surface area contributed by atoms with Crippen LogP contribution in [0.3, 0.4) is 0 Å². The van der Waals surface area contributed by atoms with Crippen molar-refractivity contribution in [3.8, 4) is 11.3 Å². The summed E-state index contributed by atoms with van der Waals surface area (Å²) in [6, 6.07) is 18.2. The number of aromatic nitrogens is 2. The van der Waals surface area contributed by atoms with E-state index < -0.39 is 15.9 Å². The third-order valence-corrected chi connectivity index (χ3v) is 13.7. The highest BCUT2D eigenvalue weighted by Crippen LogP contribution is 2.48. The molecule has 0 spiro atoms. The molecular weight excluding hydrogens is 723 g/mol. The average Bonchev–Trinajstić information content (AvgIpc) is 3.61. The molecule has 2 atom stereocenters. The van der Waals surface area contributed by atoms with Crippen LogP contribution in [-0.4, -0.2) is 36.5 Å². The van der Waals surface area contributed by atoms with Crippen LogP contribution in [0.1, 0.15) is 98.9 Å². The fourth-order valence-electron chi connectivity index (χ4n) is 7.87. The molecule has 3 fully saturated rings. The van der Waals surface area contributed by atoms with E-state index in [2.05, 4.69) is 35.5 Å². The fraction of sp³-hybridized carbons (Fsp3) is 0.410. The number of hydrogen-bond donors (Lipinski definition) is 1. The van der Waals surface area contributed by atoms with Gasteiger partial charge in [-0.15, -0.1) is 0 Å². The lowest BCUT2D eigenvalue weighted by Crippen LogP contribution is -2.43. The average molecular weight is 764 g/mol. The Hall–Kier alpha value is -3.44. The highest BCUT2D eigenvalue weighted by molar-refractivity contribution is 7.90. The van der Waals surface area contributed by atoms with E-state index in [4.69, 9.17) is 32.7 Å². The third-order valence-electron chi connectivity index (χ3n) is 10.7. The van der Waals surface area contributed by atoms with Gasteiger partial charge in [-0.3, -0.25) is 4.79 Å². The van der Waals surface area contributed by atoms with Gasteiger partial charge in [0.15, 0.2) is 5.13 Å². The molecule has 12 heteroatoms. The number of carbonyl (C=O) groups excluding carboxylic acids is 1. The first-order valence-corrected chi connectivity index (χ1v) is 20.7. The second-order valence-corrected chi connectivity index (χ2v) is 18.8. The number of anilines is 1. The predicted molar refractivity (Wildman–Crippen MR) is 204 cm³/mol. The van der Waals surface area contributed by atoms with E-state index in [1.165, 1.54) is 0 Å². The van der Waals surface area contributed by atoms with Crippen molar-refractivity contribution in [1.82, 2.24) is 14.9 Å². The maximum Gasteiger partial charge on any atom is 0.265 e. The number of amides is 1. The summed E-state index contributed by atoms with van der Waals surface area (Å²) in [4.78, 5) is 20.7. The molecular formula is C39H40Cl2N4O4S2. The van der Waals surface area contributed by atoms with Gasteiger partial charge in [0.1, 0.15) is 11.5 Å². The summed E-state index contributed by atoms with van der Waals surface area (Å²) in [5, 5.41) is 6.62. The number of hydrogen-bond acceptors (Lipinski definition) is 8. The number of carbonyl (C=O) groups is 1. The molecule has 1 N–H and O–H groups in total. The highest BCUT2D eigenvalue weighted by atomic mass is 35.5. The molecule has 1 aliphatic carbocycles. The molecule has 2 unspecified atom stereocenters. The van der Waals surface area contributed by atoms with Crippen molar-refractivity contribution in [1.29, 1.82) is 0 Å². The van der Waals surface area contributed by atoms with E-state index in [1.807, 2.05) is 24.3 Å². The normalized spacial score (nSPS) is 20.6. The lowest BCUT2D eigenvalue weighted by atomic mass is 9.85. The number of nitrogens with zero attached hydrogens (tertiary/aromatic N) is 3. The number of benzene rings is 3. The van der Waals surface area contributed by atoms with Crippen LogP contribution >= 0.6 is 34.5 Å². The molecule has 5 aromatic rings. The van der Waals surface area contributed by atoms with E-state index in [1.54, 1.807) is 47.7 Å². The van der Waals surface area contributed by atoms with Gasteiger partial charge >= 0.3 is 0 Å². The van der Waals surface area contributed by atoms with Crippen LogP contribution in [0, 0.1) is 5.92 Å². The van der Waals surface area contributed by atoms with Gasteiger partial charge in [-0.25, -0.2) is 18.1 Å². The van der Waals surface area contributed by atoms with Gasteiger partial charge in [0, 0.05) is 34.7 Å². The maximum atomic E-state index is 13.2. The van der Waals surface area contributed by atoms with Crippen LogP contribution in [0.25, 0.3) is 21.5 Å². The summed E-state index contributed by atoms with van der Waals surface area (Å²) < 4.78 is 35.2. The fourth-order valence-corrected chi connectivity index (χ4v) is 10.6. The van der Waals surface area contributed by atoms with E-state index in [-0.39, 0.29) is 15.9 Å². The largest absolute Gasteiger partial charge is 0.360 e. The Kier molecular flexibility index (Phi) is 8.97. The molecule has 3 aliphatic rings. The first kappa shape index (κ1) is 34.6. The number of rotatable bonds is 9. The summed E-state index contributed by atoms with van der Waals surface area (Å²) in [5.41, 5.74) is 4.68. The van der Waals surface area contributed by atoms with Crippen molar-refractivity contribution < 1.29 is 17.7 Å². The van der Waals surface area contributed by atoms with E-state index in [9.17, 15) is 13.2 Å². The lowest BCUT2D eigenvalue weighted by Gasteiger charge is -2.39. The molecule has 1 amide bonds. The molecule has 1 saturated carbocycles. The number of fused-ring (bicyclic) bond motifs is 3. The summed E-state index contributed by atoms with van der Waals surface area (Å²) in [6.45, 7) is 6.19. The molecule has 51 heavy (non-hydrogen) atoms. The molecule has 2 aliphatic heterocycles. The monoisotopic (exact) mass is 762 g/mol. The third kappa shape index (κ3) is 6.80. The molecule has 2 bridgehead atoms. The number of thiazole rings is 1. The summed E-state index contributed by atoms with van der Waals surface area (Å²) >= 11 is 14.8. The van der Waals surface area contributed by atoms with Crippen molar-refractivity contribution in [2.75, 3.05) is 4.90 Å². The quantitative estimate of drug-likeness (QED) is 0.159. The minimum absolute atomic E-state index is 0.0547. The second-order valence-electron chi connectivity index (χ2n) is 15.3. The second kappa shape index (κ2) is 13.2. The number of sulfonamides is 1. The lowest BCUT2D eigenvalue weighted by molar-refractivity contribution is 0.0981. The molecule has 8 rings (SSSR count). The molecule has 0 radical (unpaired) electrons. The van der Waals surface area contributed by atoms with Crippen LogP contribution < -0.4 is 9.62 Å². The van der Waals surface area contributed by atoms with Gasteiger partial charge in [0.2, 0.25) is 0 Å². The van der Waals surface area contributed by atoms with Crippen molar-refractivity contribution >= 4 is 65.8 Å². The van der Waals surface area contributed by atoms with Crippen molar-refractivity contribution in [3.05, 3.63) is 93.2 Å². The van der Waals surface area contributed by atoms with Crippen molar-refractivity contribution in [2.24, 2.45) is 5.92 Å². The number of nitrogens with one attached hydrogen (secondary N) is 1. The Labute approximate surface area is 312 Å². The van der Waals surface area contributed by atoms with E-state index in [0.29, 0.717) is 34.0 Å². The van der Waals surface area contributed by atoms with Crippen LogP contribution in [-0.2, 0) is 21.9 Å². The van der Waals surface area contributed by atoms with Crippen molar-refractivity contribution in [3.63, 3.8) is 0 Å². The van der Waals surface area contributed by atoms with Gasteiger partial charge < -0.3 is 9.42 Å². The Bertz CT molecular complexity index is 2200. The van der Waals surface area contributed by atoms with E-state index in [0.717, 1.165) is 94.9 Å². The zero-order valence-electron chi connectivity index (χ0n) is 28.8. The molecule has 4 heterocycles. The molecule has 2 saturated heterocycles. The van der Waals surface area contributed by atoms with Crippen LogP contribution in [0.5, 0.6) is 0 Å². The zero-order chi connectivity index (χ0) is 35.7.